The van der Waals surface area contributed by atoms with Gasteiger partial charge in [0.25, 0.3) is 0 Å². The Hall–Kier alpha value is -1.55. The van der Waals surface area contributed by atoms with Gasteiger partial charge in [0.1, 0.15) is 11.8 Å². The zero-order chi connectivity index (χ0) is 13.8. The van der Waals surface area contributed by atoms with Crippen molar-refractivity contribution in [2.24, 2.45) is 5.73 Å². The van der Waals surface area contributed by atoms with Gasteiger partial charge in [-0.3, -0.25) is 4.79 Å². The number of carbonyl (C=O) groups excluding carboxylic acids is 1. The number of fused-ring (bicyclic) bond motifs is 1. The number of ether oxygens (including phenoxy) is 2. The first kappa shape index (κ1) is 13.9. The first-order valence-corrected chi connectivity index (χ1v) is 6.68. The molecule has 2 N–H and O–H groups in total. The molecule has 1 aromatic rings. The Balaban J connectivity index is 2.28. The predicted octanol–water partition coefficient (Wildman–Crippen LogP) is 1.62. The smallest absolute Gasteiger partial charge is 0.322 e. The van der Waals surface area contributed by atoms with E-state index in [4.69, 9.17) is 10.5 Å². The molecule has 0 amide bonds. The van der Waals surface area contributed by atoms with E-state index in [1.165, 1.54) is 31.1 Å². The van der Waals surface area contributed by atoms with Crippen molar-refractivity contribution in [3.05, 3.63) is 28.8 Å². The van der Waals surface area contributed by atoms with Gasteiger partial charge in [-0.05, 0) is 54.9 Å². The highest BCUT2D eigenvalue weighted by Crippen LogP contribution is 2.32. The van der Waals surface area contributed by atoms with Crippen LogP contribution in [0, 0.1) is 0 Å². The minimum atomic E-state index is -0.593. The fraction of sp³-hybridized carbons (Fsp3) is 0.533. The average Bonchev–Trinajstić information content (AvgIpc) is 2.46. The molecular weight excluding hydrogens is 242 g/mol. The molecular formula is C15H21NO3. The van der Waals surface area contributed by atoms with Crippen LogP contribution in [0.15, 0.2) is 12.1 Å². The van der Waals surface area contributed by atoms with E-state index >= 15 is 0 Å². The molecule has 4 heteroatoms. The third kappa shape index (κ3) is 2.89. The normalized spacial score (nSPS) is 15.5. The Morgan fingerprint density at radius 1 is 1.26 bits per heavy atom. The highest BCUT2D eigenvalue weighted by atomic mass is 16.5. The SMILES string of the molecule is COC(=O)C(N)Cc1ccc(OC)c2c1CCCC2. The Morgan fingerprint density at radius 3 is 2.58 bits per heavy atom. The molecule has 0 heterocycles. The van der Waals surface area contributed by atoms with Crippen LogP contribution in [0.3, 0.4) is 0 Å². The van der Waals surface area contributed by atoms with E-state index in [1.807, 2.05) is 12.1 Å². The van der Waals surface area contributed by atoms with Crippen molar-refractivity contribution in [2.75, 3.05) is 14.2 Å². The predicted molar refractivity (Wildman–Crippen MR) is 73.3 cm³/mol. The molecule has 1 aliphatic carbocycles. The molecule has 1 unspecified atom stereocenters. The average molecular weight is 263 g/mol. The number of esters is 1. The van der Waals surface area contributed by atoms with Crippen molar-refractivity contribution in [1.82, 2.24) is 0 Å². The van der Waals surface area contributed by atoms with Crippen LogP contribution in [0.5, 0.6) is 5.75 Å². The number of rotatable bonds is 4. The van der Waals surface area contributed by atoms with Crippen LogP contribution in [-0.2, 0) is 28.8 Å². The van der Waals surface area contributed by atoms with E-state index in [1.54, 1.807) is 7.11 Å². The van der Waals surface area contributed by atoms with Crippen molar-refractivity contribution in [2.45, 2.75) is 38.1 Å². The monoisotopic (exact) mass is 263 g/mol. The second kappa shape index (κ2) is 6.06. The maximum atomic E-state index is 11.4. The number of methoxy groups -OCH3 is 2. The molecule has 19 heavy (non-hydrogen) atoms. The Kier molecular flexibility index (Phi) is 4.43. The molecule has 1 aromatic carbocycles. The summed E-state index contributed by atoms with van der Waals surface area (Å²) in [5, 5.41) is 0. The lowest BCUT2D eigenvalue weighted by molar-refractivity contribution is -0.142. The molecule has 2 rings (SSSR count). The van der Waals surface area contributed by atoms with Gasteiger partial charge in [0, 0.05) is 0 Å². The van der Waals surface area contributed by atoms with Crippen molar-refractivity contribution < 1.29 is 14.3 Å². The summed E-state index contributed by atoms with van der Waals surface area (Å²) in [6.07, 6.45) is 4.98. The number of benzene rings is 1. The van der Waals surface area contributed by atoms with Crippen LogP contribution in [0.4, 0.5) is 0 Å². The molecule has 0 aliphatic heterocycles. The quantitative estimate of drug-likeness (QED) is 0.838. The minimum Gasteiger partial charge on any atom is -0.496 e. The van der Waals surface area contributed by atoms with E-state index < -0.39 is 6.04 Å². The summed E-state index contributed by atoms with van der Waals surface area (Å²) in [7, 11) is 3.07. The van der Waals surface area contributed by atoms with E-state index in [0.29, 0.717) is 6.42 Å². The minimum absolute atomic E-state index is 0.361. The summed E-state index contributed by atoms with van der Waals surface area (Å²) < 4.78 is 10.1. The third-order valence-corrected chi connectivity index (χ3v) is 3.75. The summed E-state index contributed by atoms with van der Waals surface area (Å²) >= 11 is 0. The highest BCUT2D eigenvalue weighted by molar-refractivity contribution is 5.75. The third-order valence-electron chi connectivity index (χ3n) is 3.75. The zero-order valence-corrected chi connectivity index (χ0v) is 11.6. The maximum absolute atomic E-state index is 11.4. The zero-order valence-electron chi connectivity index (χ0n) is 11.6. The van der Waals surface area contributed by atoms with Gasteiger partial charge in [0.15, 0.2) is 0 Å². The Labute approximate surface area is 113 Å². The molecule has 0 spiro atoms. The van der Waals surface area contributed by atoms with Gasteiger partial charge in [-0.15, -0.1) is 0 Å². The van der Waals surface area contributed by atoms with Crippen molar-refractivity contribution in [1.29, 1.82) is 0 Å². The van der Waals surface area contributed by atoms with Gasteiger partial charge in [-0.2, -0.15) is 0 Å². The Morgan fingerprint density at radius 2 is 1.95 bits per heavy atom. The molecule has 1 aliphatic rings. The fourth-order valence-corrected chi connectivity index (χ4v) is 2.76. The van der Waals surface area contributed by atoms with Crippen LogP contribution < -0.4 is 10.5 Å². The van der Waals surface area contributed by atoms with Crippen LogP contribution in [0.25, 0.3) is 0 Å². The molecule has 0 saturated heterocycles. The lowest BCUT2D eigenvalue weighted by atomic mass is 9.85. The molecule has 4 nitrogen and oxygen atoms in total. The lowest BCUT2D eigenvalue weighted by Gasteiger charge is -2.23. The molecule has 0 radical (unpaired) electrons. The van der Waals surface area contributed by atoms with Crippen LogP contribution in [0.2, 0.25) is 0 Å². The largest absolute Gasteiger partial charge is 0.496 e. The topological polar surface area (TPSA) is 61.5 Å². The number of nitrogens with two attached hydrogens (primary N) is 1. The van der Waals surface area contributed by atoms with Gasteiger partial charge < -0.3 is 15.2 Å². The van der Waals surface area contributed by atoms with Gasteiger partial charge in [-0.25, -0.2) is 0 Å². The first-order chi connectivity index (χ1) is 9.17. The van der Waals surface area contributed by atoms with Crippen molar-refractivity contribution >= 4 is 5.97 Å². The highest BCUT2D eigenvalue weighted by Gasteiger charge is 2.21. The molecule has 104 valence electrons. The number of carbonyl (C=O) groups is 1. The van der Waals surface area contributed by atoms with Gasteiger partial charge in [-0.1, -0.05) is 6.07 Å². The van der Waals surface area contributed by atoms with Crippen molar-refractivity contribution in [3.8, 4) is 5.75 Å². The fourth-order valence-electron chi connectivity index (χ4n) is 2.76. The van der Waals surface area contributed by atoms with Gasteiger partial charge in [0.05, 0.1) is 14.2 Å². The van der Waals surface area contributed by atoms with Gasteiger partial charge >= 0.3 is 5.97 Å². The Bertz CT molecular complexity index is 471. The summed E-state index contributed by atoms with van der Waals surface area (Å²) in [5.41, 5.74) is 9.60. The summed E-state index contributed by atoms with van der Waals surface area (Å²) in [4.78, 5) is 11.4. The standard InChI is InChI=1S/C15H21NO3/c1-18-14-8-7-10(9-13(16)15(17)19-2)11-5-3-4-6-12(11)14/h7-8,13H,3-6,9,16H2,1-2H3. The van der Waals surface area contributed by atoms with Crippen molar-refractivity contribution in [3.63, 3.8) is 0 Å². The number of hydrogen-bond acceptors (Lipinski definition) is 4. The summed E-state index contributed by atoms with van der Waals surface area (Å²) in [5.74, 6) is 0.588. The second-order valence-electron chi connectivity index (χ2n) is 4.92. The number of hydrogen-bond donors (Lipinski definition) is 1. The van der Waals surface area contributed by atoms with E-state index in [2.05, 4.69) is 4.74 Å². The lowest BCUT2D eigenvalue weighted by Crippen LogP contribution is -2.34. The molecule has 0 bridgehead atoms. The summed E-state index contributed by atoms with van der Waals surface area (Å²) in [6, 6.07) is 3.40. The molecule has 0 aromatic heterocycles. The van der Waals surface area contributed by atoms with Crippen LogP contribution in [-0.4, -0.2) is 26.2 Å². The summed E-state index contributed by atoms with van der Waals surface area (Å²) in [6.45, 7) is 0. The second-order valence-corrected chi connectivity index (χ2v) is 4.92. The van der Waals surface area contributed by atoms with Crippen LogP contribution >= 0.6 is 0 Å². The molecule has 1 atom stereocenters. The van der Waals surface area contributed by atoms with Crippen LogP contribution in [0.1, 0.15) is 29.5 Å². The molecule has 0 saturated carbocycles. The van der Waals surface area contributed by atoms with Gasteiger partial charge in [0.2, 0.25) is 0 Å². The first-order valence-electron chi connectivity index (χ1n) is 6.68. The maximum Gasteiger partial charge on any atom is 0.322 e. The van der Waals surface area contributed by atoms with E-state index in [9.17, 15) is 4.79 Å². The van der Waals surface area contributed by atoms with E-state index in [-0.39, 0.29) is 5.97 Å². The van der Waals surface area contributed by atoms with E-state index in [0.717, 1.165) is 24.2 Å². The molecule has 0 fully saturated rings.